The van der Waals surface area contributed by atoms with Gasteiger partial charge in [0, 0.05) is 29.7 Å². The molecular weight excluding hydrogens is 234 g/mol. The van der Waals surface area contributed by atoms with Crippen molar-refractivity contribution in [1.29, 1.82) is 0 Å². The number of hydrogen-bond donors (Lipinski definition) is 1. The summed E-state index contributed by atoms with van der Waals surface area (Å²) in [5.74, 6) is 1.39. The third-order valence-corrected chi connectivity index (χ3v) is 5.30. The smallest absolute Gasteiger partial charge is 0.0577 e. The van der Waals surface area contributed by atoms with E-state index in [0.717, 1.165) is 19.4 Å². The predicted molar refractivity (Wildman–Crippen MR) is 73.8 cm³/mol. The Balaban J connectivity index is 2.51. The topological polar surface area (TPSA) is 38.3 Å². The van der Waals surface area contributed by atoms with Crippen LogP contribution in [0.2, 0.25) is 0 Å². The molecule has 0 bridgehead atoms. The Bertz CT molecular complexity index is 233. The molecule has 4 heteroatoms. The number of hydrogen-bond acceptors (Lipinski definition) is 3. The summed E-state index contributed by atoms with van der Waals surface area (Å²) in [5, 5.41) is 3.89. The average Bonchev–Trinajstić information content (AvgIpc) is 2.34. The molecule has 0 radical (unpaired) electrons. The molecule has 0 aromatic heterocycles. The zero-order chi connectivity index (χ0) is 12.7. The Hall–Kier alpha value is 0.0700. The Morgan fingerprint density at radius 1 is 1.41 bits per heavy atom. The summed E-state index contributed by atoms with van der Waals surface area (Å²) in [6, 6.07) is 0.448. The Labute approximate surface area is 108 Å². The minimum Gasteiger partial charge on any atom is -0.384 e. The molecule has 0 amide bonds. The molecule has 1 rings (SSSR count). The lowest BCUT2D eigenvalue weighted by atomic mass is 9.87. The summed E-state index contributed by atoms with van der Waals surface area (Å²) in [6.07, 6.45) is 4.67. The van der Waals surface area contributed by atoms with Gasteiger partial charge in [0.2, 0.25) is 0 Å². The van der Waals surface area contributed by atoms with Crippen molar-refractivity contribution in [1.82, 2.24) is 5.32 Å². The maximum Gasteiger partial charge on any atom is 0.0577 e. The number of rotatable bonds is 7. The van der Waals surface area contributed by atoms with E-state index in [0.29, 0.717) is 29.6 Å². The number of methoxy groups -OCH3 is 1. The largest absolute Gasteiger partial charge is 0.384 e. The quantitative estimate of drug-likeness (QED) is 0.761. The van der Waals surface area contributed by atoms with Crippen LogP contribution >= 0.6 is 0 Å². The molecule has 4 unspecified atom stereocenters. The fourth-order valence-corrected chi connectivity index (χ4v) is 4.27. The standard InChI is InChI=1S/C13H27NO2S/c1-4-7-14-12-6-5-11(2)10-13(12)17(15)9-8-16-3/h11-14H,4-10H2,1-3H3. The van der Waals surface area contributed by atoms with E-state index >= 15 is 0 Å². The molecule has 0 saturated heterocycles. The summed E-state index contributed by atoms with van der Waals surface area (Å²) in [4.78, 5) is 0. The van der Waals surface area contributed by atoms with Crippen molar-refractivity contribution in [3.8, 4) is 0 Å². The highest BCUT2D eigenvalue weighted by Gasteiger charge is 2.32. The Morgan fingerprint density at radius 3 is 2.82 bits per heavy atom. The van der Waals surface area contributed by atoms with Gasteiger partial charge in [-0.25, -0.2) is 0 Å². The number of ether oxygens (including phenoxy) is 1. The maximum absolute atomic E-state index is 12.3. The summed E-state index contributed by atoms with van der Waals surface area (Å²) in [6.45, 7) is 6.10. The van der Waals surface area contributed by atoms with Crippen molar-refractivity contribution in [2.45, 2.75) is 50.8 Å². The van der Waals surface area contributed by atoms with Crippen LogP contribution < -0.4 is 5.32 Å². The minimum absolute atomic E-state index is 0.320. The van der Waals surface area contributed by atoms with Gasteiger partial charge in [-0.2, -0.15) is 0 Å². The second kappa shape index (κ2) is 8.22. The maximum atomic E-state index is 12.3. The summed E-state index contributed by atoms with van der Waals surface area (Å²) >= 11 is 0. The zero-order valence-electron chi connectivity index (χ0n) is 11.4. The van der Waals surface area contributed by atoms with Gasteiger partial charge >= 0.3 is 0 Å². The van der Waals surface area contributed by atoms with Gasteiger partial charge < -0.3 is 10.1 Å². The normalized spacial score (nSPS) is 31.4. The molecule has 1 N–H and O–H groups in total. The molecule has 0 aromatic carbocycles. The Kier molecular flexibility index (Phi) is 7.32. The lowest BCUT2D eigenvalue weighted by molar-refractivity contribution is 0.217. The van der Waals surface area contributed by atoms with Gasteiger partial charge in [0.15, 0.2) is 0 Å². The molecular formula is C13H27NO2S. The van der Waals surface area contributed by atoms with Crippen molar-refractivity contribution in [3.63, 3.8) is 0 Å². The highest BCUT2D eigenvalue weighted by atomic mass is 32.2. The fraction of sp³-hybridized carbons (Fsp3) is 1.00. The van der Waals surface area contributed by atoms with Gasteiger partial charge in [-0.05, 0) is 38.1 Å². The second-order valence-corrected chi connectivity index (χ2v) is 6.87. The van der Waals surface area contributed by atoms with Crippen LogP contribution in [0.1, 0.15) is 39.5 Å². The van der Waals surface area contributed by atoms with Crippen molar-refractivity contribution >= 4 is 10.8 Å². The van der Waals surface area contributed by atoms with Crippen molar-refractivity contribution in [3.05, 3.63) is 0 Å². The SMILES string of the molecule is CCCNC1CCC(C)CC1S(=O)CCOC. The van der Waals surface area contributed by atoms with Crippen LogP contribution in [0.15, 0.2) is 0 Å². The van der Waals surface area contributed by atoms with Gasteiger partial charge in [-0.15, -0.1) is 0 Å². The van der Waals surface area contributed by atoms with E-state index < -0.39 is 10.8 Å². The van der Waals surface area contributed by atoms with E-state index in [2.05, 4.69) is 19.2 Å². The van der Waals surface area contributed by atoms with Crippen LogP contribution in [0.4, 0.5) is 0 Å². The third-order valence-electron chi connectivity index (χ3n) is 3.54. The van der Waals surface area contributed by atoms with Gasteiger partial charge in [0.05, 0.1) is 11.9 Å². The van der Waals surface area contributed by atoms with Crippen LogP contribution in [0.3, 0.4) is 0 Å². The van der Waals surface area contributed by atoms with Crippen LogP contribution in [0.25, 0.3) is 0 Å². The highest BCUT2D eigenvalue weighted by Crippen LogP contribution is 2.27. The summed E-state index contributed by atoms with van der Waals surface area (Å²) < 4.78 is 17.3. The first-order chi connectivity index (χ1) is 8.19. The van der Waals surface area contributed by atoms with Gasteiger partial charge in [-0.1, -0.05) is 13.8 Å². The van der Waals surface area contributed by atoms with Gasteiger partial charge in [0.25, 0.3) is 0 Å². The zero-order valence-corrected chi connectivity index (χ0v) is 12.2. The molecule has 1 aliphatic carbocycles. The molecule has 102 valence electrons. The number of nitrogens with one attached hydrogen (secondary N) is 1. The molecule has 0 aliphatic heterocycles. The van der Waals surface area contributed by atoms with Crippen LogP contribution in [0.5, 0.6) is 0 Å². The van der Waals surface area contributed by atoms with E-state index in [4.69, 9.17) is 4.74 Å². The van der Waals surface area contributed by atoms with E-state index in [1.807, 2.05) is 0 Å². The summed E-state index contributed by atoms with van der Waals surface area (Å²) in [5.41, 5.74) is 0. The molecule has 0 heterocycles. The monoisotopic (exact) mass is 261 g/mol. The lowest BCUT2D eigenvalue weighted by Crippen LogP contribution is -2.47. The lowest BCUT2D eigenvalue weighted by Gasteiger charge is -2.35. The van der Waals surface area contributed by atoms with E-state index in [1.165, 1.54) is 12.8 Å². The van der Waals surface area contributed by atoms with E-state index in [-0.39, 0.29) is 0 Å². The fourth-order valence-electron chi connectivity index (χ4n) is 2.50. The van der Waals surface area contributed by atoms with Crippen molar-refractivity contribution in [2.24, 2.45) is 5.92 Å². The predicted octanol–water partition coefficient (Wildman–Crippen LogP) is 1.94. The van der Waals surface area contributed by atoms with Crippen LogP contribution in [-0.4, -0.2) is 41.5 Å². The first kappa shape index (κ1) is 15.1. The molecule has 3 nitrogen and oxygen atoms in total. The second-order valence-electron chi connectivity index (χ2n) is 5.09. The average molecular weight is 261 g/mol. The minimum atomic E-state index is -0.748. The van der Waals surface area contributed by atoms with E-state index in [9.17, 15) is 4.21 Å². The molecule has 17 heavy (non-hydrogen) atoms. The Morgan fingerprint density at radius 2 is 2.18 bits per heavy atom. The highest BCUT2D eigenvalue weighted by molar-refractivity contribution is 7.85. The summed E-state index contributed by atoms with van der Waals surface area (Å²) in [7, 11) is 0.926. The molecule has 1 aliphatic rings. The van der Waals surface area contributed by atoms with Crippen LogP contribution in [0, 0.1) is 5.92 Å². The first-order valence-electron chi connectivity index (χ1n) is 6.78. The first-order valence-corrected chi connectivity index (χ1v) is 8.16. The van der Waals surface area contributed by atoms with Gasteiger partial charge in [0.1, 0.15) is 0 Å². The van der Waals surface area contributed by atoms with Crippen molar-refractivity contribution < 1.29 is 8.95 Å². The molecule has 4 atom stereocenters. The van der Waals surface area contributed by atoms with E-state index in [1.54, 1.807) is 7.11 Å². The molecule has 1 saturated carbocycles. The van der Waals surface area contributed by atoms with Gasteiger partial charge in [-0.3, -0.25) is 4.21 Å². The molecule has 0 spiro atoms. The molecule has 1 fully saturated rings. The third kappa shape index (κ3) is 5.06. The van der Waals surface area contributed by atoms with Crippen molar-refractivity contribution in [2.75, 3.05) is 26.0 Å². The van der Waals surface area contributed by atoms with Crippen LogP contribution in [-0.2, 0) is 15.5 Å². The molecule has 0 aromatic rings.